The Morgan fingerprint density at radius 2 is 1.96 bits per heavy atom. The van der Waals surface area contributed by atoms with Gasteiger partial charge in [-0.15, -0.1) is 0 Å². The van der Waals surface area contributed by atoms with E-state index in [0.717, 1.165) is 5.56 Å². The number of nitro benzene ring substituents is 1. The standard InChI is InChI=1S/C17H12ClN5O3/c18-13-7-5-11(6-8-13)14-9-15(21-20-14)17(24)22-19-10-12-3-1-2-4-16(12)23(25)26/h1-10H,(H,20,21)(H,22,24)/b19-10+. The van der Waals surface area contributed by atoms with Crippen LogP contribution in [0, 0.1) is 10.1 Å². The molecule has 0 saturated heterocycles. The van der Waals surface area contributed by atoms with Crippen LogP contribution in [-0.4, -0.2) is 27.2 Å². The number of benzene rings is 2. The first kappa shape index (κ1) is 17.3. The molecule has 130 valence electrons. The van der Waals surface area contributed by atoms with Crippen LogP contribution in [0.4, 0.5) is 5.69 Å². The highest BCUT2D eigenvalue weighted by molar-refractivity contribution is 6.30. The fraction of sp³-hybridized carbons (Fsp3) is 0. The van der Waals surface area contributed by atoms with Crippen molar-refractivity contribution in [1.82, 2.24) is 15.6 Å². The molecule has 0 aliphatic rings. The summed E-state index contributed by atoms with van der Waals surface area (Å²) < 4.78 is 0. The molecule has 0 spiro atoms. The highest BCUT2D eigenvalue weighted by Crippen LogP contribution is 2.20. The van der Waals surface area contributed by atoms with Crippen molar-refractivity contribution in [1.29, 1.82) is 0 Å². The minimum absolute atomic E-state index is 0.0999. The van der Waals surface area contributed by atoms with E-state index in [2.05, 4.69) is 20.7 Å². The molecule has 0 saturated carbocycles. The van der Waals surface area contributed by atoms with E-state index in [1.54, 1.807) is 42.5 Å². The summed E-state index contributed by atoms with van der Waals surface area (Å²) in [6.45, 7) is 0. The van der Waals surface area contributed by atoms with E-state index >= 15 is 0 Å². The van der Waals surface area contributed by atoms with Crippen LogP contribution in [0.15, 0.2) is 59.7 Å². The number of H-pyrrole nitrogens is 1. The van der Waals surface area contributed by atoms with Gasteiger partial charge >= 0.3 is 0 Å². The van der Waals surface area contributed by atoms with E-state index in [0.29, 0.717) is 10.7 Å². The van der Waals surface area contributed by atoms with Gasteiger partial charge in [0.2, 0.25) is 0 Å². The molecule has 0 radical (unpaired) electrons. The van der Waals surface area contributed by atoms with Crippen LogP contribution in [0.3, 0.4) is 0 Å². The largest absolute Gasteiger partial charge is 0.289 e. The molecule has 0 bridgehead atoms. The van der Waals surface area contributed by atoms with E-state index in [-0.39, 0.29) is 16.9 Å². The summed E-state index contributed by atoms with van der Waals surface area (Å²) in [6, 6.07) is 14.7. The number of rotatable bonds is 5. The SMILES string of the molecule is O=C(N/N=C/c1ccccc1[N+](=O)[O-])c1cc(-c2ccc(Cl)cc2)n[nH]1. The molecule has 0 aliphatic heterocycles. The molecule has 8 nitrogen and oxygen atoms in total. The molecule has 1 aromatic heterocycles. The second kappa shape index (κ2) is 7.58. The topological polar surface area (TPSA) is 113 Å². The summed E-state index contributed by atoms with van der Waals surface area (Å²) in [4.78, 5) is 22.5. The fourth-order valence-corrected chi connectivity index (χ4v) is 2.32. The number of aromatic nitrogens is 2. The van der Waals surface area contributed by atoms with E-state index in [4.69, 9.17) is 11.6 Å². The second-order valence-electron chi connectivity index (χ2n) is 5.19. The highest BCUT2D eigenvalue weighted by atomic mass is 35.5. The zero-order valence-corrected chi connectivity index (χ0v) is 14.0. The number of carbonyl (C=O) groups excluding carboxylic acids is 1. The van der Waals surface area contributed by atoms with E-state index in [9.17, 15) is 14.9 Å². The number of nitrogens with one attached hydrogen (secondary N) is 2. The second-order valence-corrected chi connectivity index (χ2v) is 5.63. The number of amides is 1. The quantitative estimate of drug-likeness (QED) is 0.407. The van der Waals surface area contributed by atoms with Crippen molar-refractivity contribution in [3.63, 3.8) is 0 Å². The first-order valence-corrected chi connectivity index (χ1v) is 7.80. The van der Waals surface area contributed by atoms with Crippen molar-refractivity contribution in [2.24, 2.45) is 5.10 Å². The predicted molar refractivity (Wildman–Crippen MR) is 97.2 cm³/mol. The number of halogens is 1. The van der Waals surface area contributed by atoms with Crippen molar-refractivity contribution in [2.45, 2.75) is 0 Å². The third-order valence-electron chi connectivity index (χ3n) is 3.47. The maximum absolute atomic E-state index is 12.1. The van der Waals surface area contributed by atoms with Crippen molar-refractivity contribution >= 4 is 29.4 Å². The molecular formula is C17H12ClN5O3. The van der Waals surface area contributed by atoms with Gasteiger partial charge in [-0.2, -0.15) is 10.2 Å². The molecule has 2 aromatic carbocycles. The summed E-state index contributed by atoms with van der Waals surface area (Å²) in [7, 11) is 0. The third-order valence-corrected chi connectivity index (χ3v) is 3.72. The first-order chi connectivity index (χ1) is 12.5. The minimum atomic E-state index is -0.521. The van der Waals surface area contributed by atoms with Crippen LogP contribution >= 0.6 is 11.6 Å². The van der Waals surface area contributed by atoms with Gasteiger partial charge in [-0.1, -0.05) is 35.9 Å². The van der Waals surface area contributed by atoms with Crippen LogP contribution in [-0.2, 0) is 0 Å². The smallest absolute Gasteiger partial charge is 0.272 e. The molecule has 2 N–H and O–H groups in total. The zero-order chi connectivity index (χ0) is 18.5. The van der Waals surface area contributed by atoms with Crippen LogP contribution in [0.25, 0.3) is 11.3 Å². The number of hydrogen-bond acceptors (Lipinski definition) is 5. The summed E-state index contributed by atoms with van der Waals surface area (Å²) in [5.41, 5.74) is 4.07. The predicted octanol–water partition coefficient (Wildman–Crippen LogP) is 3.40. The molecule has 26 heavy (non-hydrogen) atoms. The van der Waals surface area contributed by atoms with Crippen molar-refractivity contribution in [3.05, 3.63) is 81.0 Å². The Hall–Kier alpha value is -3.52. The Balaban J connectivity index is 1.70. The van der Waals surface area contributed by atoms with Crippen molar-refractivity contribution < 1.29 is 9.72 Å². The van der Waals surface area contributed by atoms with Gasteiger partial charge in [-0.25, -0.2) is 5.43 Å². The molecule has 1 heterocycles. The van der Waals surface area contributed by atoms with E-state index < -0.39 is 10.8 Å². The van der Waals surface area contributed by atoms with Gasteiger partial charge in [-0.05, 0) is 24.3 Å². The summed E-state index contributed by atoms with van der Waals surface area (Å²) in [6.07, 6.45) is 1.21. The number of nitrogens with zero attached hydrogens (tertiary/aromatic N) is 3. The van der Waals surface area contributed by atoms with Gasteiger partial charge in [0, 0.05) is 16.7 Å². The van der Waals surface area contributed by atoms with Gasteiger partial charge in [0.15, 0.2) is 0 Å². The third kappa shape index (κ3) is 3.93. The number of hydrazone groups is 1. The van der Waals surface area contributed by atoms with Gasteiger partial charge in [-0.3, -0.25) is 20.0 Å². The van der Waals surface area contributed by atoms with Crippen LogP contribution in [0.1, 0.15) is 16.1 Å². The normalized spacial score (nSPS) is 10.8. The van der Waals surface area contributed by atoms with Gasteiger partial charge in [0.05, 0.1) is 22.4 Å². The molecule has 0 unspecified atom stereocenters. The number of aromatic amines is 1. The van der Waals surface area contributed by atoms with Gasteiger partial charge in [0.25, 0.3) is 11.6 Å². The molecule has 0 atom stereocenters. The van der Waals surface area contributed by atoms with Crippen molar-refractivity contribution in [3.8, 4) is 11.3 Å². The lowest BCUT2D eigenvalue weighted by molar-refractivity contribution is -0.385. The molecule has 1 amide bonds. The molecular weight excluding hydrogens is 358 g/mol. The fourth-order valence-electron chi connectivity index (χ4n) is 2.19. The Labute approximate surface area is 152 Å². The molecule has 0 fully saturated rings. The maximum Gasteiger partial charge on any atom is 0.289 e. The average Bonchev–Trinajstić information content (AvgIpc) is 3.13. The molecule has 0 aliphatic carbocycles. The van der Waals surface area contributed by atoms with Gasteiger partial charge in [0.1, 0.15) is 5.69 Å². The zero-order valence-electron chi connectivity index (χ0n) is 13.2. The Bertz CT molecular complexity index is 982. The molecule has 9 heteroatoms. The lowest BCUT2D eigenvalue weighted by atomic mass is 10.1. The van der Waals surface area contributed by atoms with Crippen LogP contribution in [0.2, 0.25) is 5.02 Å². The monoisotopic (exact) mass is 369 g/mol. The number of para-hydroxylation sites is 1. The number of nitro groups is 1. The van der Waals surface area contributed by atoms with Crippen LogP contribution in [0.5, 0.6) is 0 Å². The molecule has 3 aromatic rings. The minimum Gasteiger partial charge on any atom is -0.272 e. The lowest BCUT2D eigenvalue weighted by Gasteiger charge is -1.97. The number of hydrogen-bond donors (Lipinski definition) is 2. The van der Waals surface area contributed by atoms with E-state index in [1.807, 2.05) is 0 Å². The Kier molecular flexibility index (Phi) is 5.04. The summed E-state index contributed by atoms with van der Waals surface area (Å²) in [5.74, 6) is -0.521. The summed E-state index contributed by atoms with van der Waals surface area (Å²) >= 11 is 5.84. The maximum atomic E-state index is 12.1. The first-order valence-electron chi connectivity index (χ1n) is 7.43. The summed E-state index contributed by atoms with van der Waals surface area (Å²) in [5, 5.41) is 22.0. The Morgan fingerprint density at radius 1 is 1.23 bits per heavy atom. The lowest BCUT2D eigenvalue weighted by Crippen LogP contribution is -2.18. The molecule has 3 rings (SSSR count). The van der Waals surface area contributed by atoms with Gasteiger partial charge < -0.3 is 0 Å². The Morgan fingerprint density at radius 3 is 2.69 bits per heavy atom. The average molecular weight is 370 g/mol. The number of carbonyl (C=O) groups is 1. The highest BCUT2D eigenvalue weighted by Gasteiger charge is 2.12. The van der Waals surface area contributed by atoms with Crippen LogP contribution < -0.4 is 5.43 Å². The van der Waals surface area contributed by atoms with Crippen molar-refractivity contribution in [2.75, 3.05) is 0 Å². The van der Waals surface area contributed by atoms with E-state index in [1.165, 1.54) is 18.3 Å².